The Balaban J connectivity index is 3.03. The molecule has 0 aliphatic rings. The number of rotatable bonds is 3. The van der Waals surface area contributed by atoms with Crippen LogP contribution in [0.2, 0.25) is 0 Å². The lowest BCUT2D eigenvalue weighted by Crippen LogP contribution is -2.19. The van der Waals surface area contributed by atoms with Crippen LogP contribution in [0.25, 0.3) is 0 Å². The van der Waals surface area contributed by atoms with Crippen molar-refractivity contribution in [2.75, 3.05) is 12.4 Å². The fraction of sp³-hybridized carbons (Fsp3) is 0.286. The molecule has 0 fully saturated rings. The third-order valence-electron chi connectivity index (χ3n) is 1.37. The Morgan fingerprint density at radius 1 is 1.62 bits per heavy atom. The molecule has 6 nitrogen and oxygen atoms in total. The van der Waals surface area contributed by atoms with Crippen molar-refractivity contribution in [3.63, 3.8) is 0 Å². The Labute approximate surface area is 74.3 Å². The van der Waals surface area contributed by atoms with E-state index in [-0.39, 0.29) is 11.6 Å². The number of aromatic nitrogens is 1. The summed E-state index contributed by atoms with van der Waals surface area (Å²) in [4.78, 5) is 25.0. The molecule has 2 N–H and O–H groups in total. The molecule has 6 heteroatoms. The van der Waals surface area contributed by atoms with E-state index in [1.807, 2.05) is 0 Å². The lowest BCUT2D eigenvalue weighted by atomic mass is 10.4. The van der Waals surface area contributed by atoms with Crippen LogP contribution in [0.1, 0.15) is 16.4 Å². The van der Waals surface area contributed by atoms with Crippen molar-refractivity contribution in [2.24, 2.45) is 0 Å². The van der Waals surface area contributed by atoms with Gasteiger partial charge in [-0.05, 0) is 0 Å². The van der Waals surface area contributed by atoms with Gasteiger partial charge in [-0.3, -0.25) is 14.9 Å². The van der Waals surface area contributed by atoms with Gasteiger partial charge in [0.25, 0.3) is 5.91 Å². The first-order chi connectivity index (χ1) is 6.19. The molecule has 1 rings (SSSR count). The van der Waals surface area contributed by atoms with Crippen molar-refractivity contribution < 1.29 is 14.0 Å². The molecule has 1 heterocycles. The fourth-order valence-corrected chi connectivity index (χ4v) is 0.851. The van der Waals surface area contributed by atoms with E-state index in [1.54, 1.807) is 6.92 Å². The van der Waals surface area contributed by atoms with Gasteiger partial charge in [0, 0.05) is 14.0 Å². The van der Waals surface area contributed by atoms with Gasteiger partial charge in [0.1, 0.15) is 0 Å². The van der Waals surface area contributed by atoms with Crippen molar-refractivity contribution in [1.82, 2.24) is 10.3 Å². The minimum atomic E-state index is -0.402. The maximum absolute atomic E-state index is 11.1. The number of carbonyl (C=O) groups is 2. The Morgan fingerprint density at radius 2 is 2.31 bits per heavy atom. The van der Waals surface area contributed by atoms with E-state index in [0.717, 1.165) is 0 Å². The summed E-state index contributed by atoms with van der Waals surface area (Å²) in [6.45, 7) is 1.59. The molecule has 70 valence electrons. The minimum Gasteiger partial charge on any atom is -0.424 e. The predicted octanol–water partition coefficient (Wildman–Crippen LogP) is -0.0891. The standard InChI is InChI=1S/C7H9N3O3/c1-4-10-5(6(12)8-2)7(13-4)9-3-11/h3H,1-2H3,(H,8,12)(H,9,11). The average Bonchev–Trinajstić information content (AvgIpc) is 2.46. The number of hydrogen-bond donors (Lipinski definition) is 2. The highest BCUT2D eigenvalue weighted by Gasteiger charge is 2.16. The van der Waals surface area contributed by atoms with Crippen molar-refractivity contribution in [3.05, 3.63) is 11.6 Å². The molecule has 0 unspecified atom stereocenters. The molecule has 0 saturated heterocycles. The molecular formula is C7H9N3O3. The van der Waals surface area contributed by atoms with Crippen LogP contribution >= 0.6 is 0 Å². The summed E-state index contributed by atoms with van der Waals surface area (Å²) in [7, 11) is 1.47. The third-order valence-corrected chi connectivity index (χ3v) is 1.37. The Morgan fingerprint density at radius 3 is 2.85 bits per heavy atom. The van der Waals surface area contributed by atoms with Crippen LogP contribution in [0.5, 0.6) is 0 Å². The minimum absolute atomic E-state index is 0.0619. The van der Waals surface area contributed by atoms with Crippen LogP contribution in [-0.4, -0.2) is 24.3 Å². The van der Waals surface area contributed by atoms with Gasteiger partial charge in [0.05, 0.1) is 0 Å². The summed E-state index contributed by atoms with van der Waals surface area (Å²) < 4.78 is 4.96. The van der Waals surface area contributed by atoms with Crippen LogP contribution in [-0.2, 0) is 4.79 Å². The van der Waals surface area contributed by atoms with Gasteiger partial charge in [-0.2, -0.15) is 0 Å². The van der Waals surface area contributed by atoms with Crippen molar-refractivity contribution in [1.29, 1.82) is 0 Å². The molecule has 0 aromatic carbocycles. The smallest absolute Gasteiger partial charge is 0.275 e. The van der Waals surface area contributed by atoms with Gasteiger partial charge in [0.15, 0.2) is 11.6 Å². The molecule has 0 atom stereocenters. The number of hydrogen-bond acceptors (Lipinski definition) is 4. The maximum Gasteiger partial charge on any atom is 0.275 e. The van der Waals surface area contributed by atoms with Gasteiger partial charge < -0.3 is 9.73 Å². The summed E-state index contributed by atoms with van der Waals surface area (Å²) in [5, 5.41) is 4.62. The Kier molecular flexibility index (Phi) is 2.63. The van der Waals surface area contributed by atoms with Crippen LogP contribution in [0.4, 0.5) is 5.88 Å². The molecule has 0 saturated carbocycles. The first kappa shape index (κ1) is 9.24. The number of aryl methyl sites for hydroxylation is 1. The number of carbonyl (C=O) groups excluding carboxylic acids is 2. The molecule has 0 spiro atoms. The van der Waals surface area contributed by atoms with E-state index in [2.05, 4.69) is 15.6 Å². The SMILES string of the molecule is CNC(=O)c1nc(C)oc1NC=O. The second-order valence-corrected chi connectivity index (χ2v) is 2.25. The normalized spacial score (nSPS) is 9.38. The molecule has 2 amide bonds. The summed E-state index contributed by atoms with van der Waals surface area (Å²) in [6, 6.07) is 0. The van der Waals surface area contributed by atoms with E-state index < -0.39 is 5.91 Å². The molecule has 13 heavy (non-hydrogen) atoms. The fourth-order valence-electron chi connectivity index (χ4n) is 0.851. The van der Waals surface area contributed by atoms with Crippen LogP contribution in [0, 0.1) is 6.92 Å². The summed E-state index contributed by atoms with van der Waals surface area (Å²) >= 11 is 0. The largest absolute Gasteiger partial charge is 0.424 e. The van der Waals surface area contributed by atoms with Crippen molar-refractivity contribution in [2.45, 2.75) is 6.92 Å². The third kappa shape index (κ3) is 1.84. The number of nitrogens with one attached hydrogen (secondary N) is 2. The van der Waals surface area contributed by atoms with E-state index in [9.17, 15) is 9.59 Å². The van der Waals surface area contributed by atoms with Crippen LogP contribution < -0.4 is 10.6 Å². The first-order valence-electron chi connectivity index (χ1n) is 3.58. The van der Waals surface area contributed by atoms with Gasteiger partial charge in [0.2, 0.25) is 12.3 Å². The average molecular weight is 183 g/mol. The molecule has 0 aliphatic carbocycles. The lowest BCUT2D eigenvalue weighted by molar-refractivity contribution is -0.105. The second-order valence-electron chi connectivity index (χ2n) is 2.25. The zero-order valence-corrected chi connectivity index (χ0v) is 7.25. The number of amides is 2. The number of oxazole rings is 1. The van der Waals surface area contributed by atoms with Crippen LogP contribution in [0.15, 0.2) is 4.42 Å². The van der Waals surface area contributed by atoms with E-state index >= 15 is 0 Å². The van der Waals surface area contributed by atoms with Crippen molar-refractivity contribution in [3.8, 4) is 0 Å². The zero-order chi connectivity index (χ0) is 9.84. The Bertz CT molecular complexity index is 332. The number of anilines is 1. The zero-order valence-electron chi connectivity index (χ0n) is 7.25. The highest BCUT2D eigenvalue weighted by Crippen LogP contribution is 2.15. The Hall–Kier alpha value is -1.85. The molecular weight excluding hydrogens is 174 g/mol. The van der Waals surface area contributed by atoms with Crippen molar-refractivity contribution >= 4 is 18.2 Å². The topological polar surface area (TPSA) is 84.2 Å². The molecule has 1 aromatic rings. The van der Waals surface area contributed by atoms with E-state index in [0.29, 0.717) is 12.3 Å². The summed E-state index contributed by atoms with van der Waals surface area (Å²) in [5.74, 6) is -0.0176. The lowest BCUT2D eigenvalue weighted by Gasteiger charge is -1.95. The van der Waals surface area contributed by atoms with Gasteiger partial charge in [-0.15, -0.1) is 0 Å². The van der Waals surface area contributed by atoms with Gasteiger partial charge in [-0.25, -0.2) is 4.98 Å². The predicted molar refractivity (Wildman–Crippen MR) is 44.3 cm³/mol. The molecule has 0 radical (unpaired) electrons. The maximum atomic E-state index is 11.1. The first-order valence-corrected chi connectivity index (χ1v) is 3.58. The highest BCUT2D eigenvalue weighted by atomic mass is 16.4. The van der Waals surface area contributed by atoms with E-state index in [1.165, 1.54) is 7.05 Å². The molecule has 1 aromatic heterocycles. The van der Waals surface area contributed by atoms with Gasteiger partial charge in [-0.1, -0.05) is 0 Å². The molecule has 0 bridgehead atoms. The summed E-state index contributed by atoms with van der Waals surface area (Å²) in [6.07, 6.45) is 0.423. The van der Waals surface area contributed by atoms with Gasteiger partial charge >= 0.3 is 0 Å². The quantitative estimate of drug-likeness (QED) is 0.641. The highest BCUT2D eigenvalue weighted by molar-refractivity contribution is 5.97. The molecule has 0 aliphatic heterocycles. The number of nitrogens with zero attached hydrogens (tertiary/aromatic N) is 1. The second kappa shape index (κ2) is 3.70. The van der Waals surface area contributed by atoms with E-state index in [4.69, 9.17) is 4.42 Å². The monoisotopic (exact) mass is 183 g/mol. The summed E-state index contributed by atoms with van der Waals surface area (Å²) in [5.41, 5.74) is 0.0760. The van der Waals surface area contributed by atoms with Crippen LogP contribution in [0.3, 0.4) is 0 Å².